The van der Waals surface area contributed by atoms with Gasteiger partial charge in [0.15, 0.2) is 0 Å². The number of carbonyl (C=O) groups is 2. The van der Waals surface area contributed by atoms with E-state index < -0.39 is 39.9 Å². The fourth-order valence-electron chi connectivity index (χ4n) is 4.76. The molecule has 0 spiro atoms. The normalized spacial score (nSPS) is 21.7. The van der Waals surface area contributed by atoms with Crippen LogP contribution in [-0.2, 0) is 24.3 Å². The summed E-state index contributed by atoms with van der Waals surface area (Å²) in [6, 6.07) is 19.1. The third kappa shape index (κ3) is 4.92. The number of nitrogens with zero attached hydrogens (tertiary/aromatic N) is 2. The fourth-order valence-corrected chi connectivity index (χ4v) is 8.04. The van der Waals surface area contributed by atoms with Crippen molar-refractivity contribution in [3.63, 3.8) is 0 Å². The van der Waals surface area contributed by atoms with Gasteiger partial charge in [-0.05, 0) is 41.8 Å². The van der Waals surface area contributed by atoms with Crippen LogP contribution < -0.4 is 0 Å². The molecule has 8 nitrogen and oxygen atoms in total. The van der Waals surface area contributed by atoms with E-state index in [1.54, 1.807) is 54.6 Å². The number of hydrogen-bond acceptors (Lipinski definition) is 6. The highest BCUT2D eigenvalue weighted by molar-refractivity contribution is 7.91. The third-order valence-electron chi connectivity index (χ3n) is 6.85. The Labute approximate surface area is 224 Å². The van der Waals surface area contributed by atoms with Crippen molar-refractivity contribution >= 4 is 44.8 Å². The number of rotatable bonds is 8. The summed E-state index contributed by atoms with van der Waals surface area (Å²) in [6.45, 7) is 0.796. The molecule has 194 valence electrons. The van der Waals surface area contributed by atoms with E-state index in [2.05, 4.69) is 0 Å². The number of hydrogen-bond donors (Lipinski definition) is 1. The van der Waals surface area contributed by atoms with Crippen LogP contribution in [0.5, 0.6) is 0 Å². The van der Waals surface area contributed by atoms with Gasteiger partial charge in [-0.3, -0.25) is 9.59 Å². The zero-order chi connectivity index (χ0) is 26.2. The highest BCUT2D eigenvalue weighted by atomic mass is 35.5. The van der Waals surface area contributed by atoms with E-state index in [9.17, 15) is 23.1 Å². The topological polar surface area (TPSA) is 104 Å². The fraction of sp³-hybridized carbons (Fsp3) is 0.308. The molecule has 1 amide bonds. The molecular formula is C26H25ClN2O6S2. The van der Waals surface area contributed by atoms with Crippen LogP contribution in [0, 0.1) is 0 Å². The lowest BCUT2D eigenvalue weighted by Gasteiger charge is -2.32. The minimum absolute atomic E-state index is 0.0217. The van der Waals surface area contributed by atoms with E-state index in [1.165, 1.54) is 11.0 Å². The minimum Gasteiger partial charge on any atom is -0.480 e. The number of aliphatic carboxylic acids is 1. The lowest BCUT2D eigenvalue weighted by Crippen LogP contribution is -2.54. The highest BCUT2D eigenvalue weighted by Gasteiger charge is 2.68. The molecule has 1 aliphatic carbocycles. The molecule has 11 heteroatoms. The van der Waals surface area contributed by atoms with Crippen molar-refractivity contribution in [3.05, 3.63) is 77.3 Å². The third-order valence-corrected chi connectivity index (χ3v) is 10.6. The van der Waals surface area contributed by atoms with Crippen LogP contribution in [0.2, 0.25) is 5.02 Å². The molecule has 37 heavy (non-hydrogen) atoms. The van der Waals surface area contributed by atoms with Crippen molar-refractivity contribution in [2.45, 2.75) is 22.1 Å². The number of carboxylic acids is 1. The van der Waals surface area contributed by atoms with Gasteiger partial charge in [-0.1, -0.05) is 54.1 Å². The number of ether oxygens (including phenoxy) is 1. The Morgan fingerprint density at radius 3 is 2.38 bits per heavy atom. The maximum Gasteiger partial charge on any atom is 0.325 e. The van der Waals surface area contributed by atoms with Gasteiger partial charge < -0.3 is 14.7 Å². The number of morpholine rings is 1. The first kappa shape index (κ1) is 25.9. The van der Waals surface area contributed by atoms with E-state index in [4.69, 9.17) is 16.3 Å². The monoisotopic (exact) mass is 560 g/mol. The van der Waals surface area contributed by atoms with Crippen molar-refractivity contribution in [2.75, 3.05) is 32.8 Å². The Morgan fingerprint density at radius 1 is 1.05 bits per heavy atom. The molecular weight excluding hydrogens is 536 g/mol. The van der Waals surface area contributed by atoms with Crippen LogP contribution in [0.4, 0.5) is 0 Å². The molecule has 3 aromatic rings. The van der Waals surface area contributed by atoms with Gasteiger partial charge in [-0.15, -0.1) is 11.3 Å². The molecule has 1 aliphatic heterocycles. The summed E-state index contributed by atoms with van der Waals surface area (Å²) in [5, 5.41) is 10.9. The van der Waals surface area contributed by atoms with Crippen LogP contribution in [0.15, 0.2) is 70.9 Å². The molecule has 2 aromatic carbocycles. The number of carbonyl (C=O) groups excluding carboxylic acids is 1. The molecule has 1 saturated heterocycles. The average molecular weight is 561 g/mol. The second-order valence-electron chi connectivity index (χ2n) is 9.03. The summed E-state index contributed by atoms with van der Waals surface area (Å²) in [4.78, 5) is 28.2. The molecule has 1 saturated carbocycles. The van der Waals surface area contributed by atoms with Crippen molar-refractivity contribution < 1.29 is 27.9 Å². The first-order chi connectivity index (χ1) is 17.7. The van der Waals surface area contributed by atoms with Gasteiger partial charge in [-0.25, -0.2) is 8.42 Å². The van der Waals surface area contributed by atoms with Crippen LogP contribution in [0.25, 0.3) is 10.4 Å². The number of amides is 1. The van der Waals surface area contributed by atoms with Crippen molar-refractivity contribution in [1.82, 2.24) is 9.21 Å². The summed E-state index contributed by atoms with van der Waals surface area (Å²) >= 11 is 7.02. The van der Waals surface area contributed by atoms with Crippen molar-refractivity contribution in [3.8, 4) is 10.4 Å². The van der Waals surface area contributed by atoms with Crippen LogP contribution >= 0.6 is 22.9 Å². The predicted octanol–water partition coefficient (Wildman–Crippen LogP) is 3.93. The number of benzene rings is 2. The van der Waals surface area contributed by atoms with Crippen LogP contribution in [0.3, 0.4) is 0 Å². The van der Waals surface area contributed by atoms with Gasteiger partial charge in [0, 0.05) is 28.9 Å². The molecule has 0 unspecified atom stereocenters. The average Bonchev–Trinajstić information content (AvgIpc) is 3.46. The van der Waals surface area contributed by atoms with E-state index >= 15 is 0 Å². The first-order valence-corrected chi connectivity index (χ1v) is 14.4. The maximum absolute atomic E-state index is 14.1. The van der Waals surface area contributed by atoms with Gasteiger partial charge in [0.1, 0.15) is 9.75 Å². The second kappa shape index (κ2) is 10.2. The molecule has 2 fully saturated rings. The minimum atomic E-state index is -4.35. The molecule has 2 aliphatic rings. The maximum atomic E-state index is 14.1. The summed E-state index contributed by atoms with van der Waals surface area (Å²) in [6.07, 6.45) is 0.0807. The van der Waals surface area contributed by atoms with Gasteiger partial charge in [0.25, 0.3) is 10.0 Å². The van der Waals surface area contributed by atoms with Crippen molar-refractivity contribution in [2.24, 2.45) is 0 Å². The van der Waals surface area contributed by atoms with E-state index in [0.29, 0.717) is 36.2 Å². The molecule has 1 N–H and O–H groups in total. The number of halogens is 1. The molecule has 5 rings (SSSR count). The zero-order valence-corrected chi connectivity index (χ0v) is 22.1. The largest absolute Gasteiger partial charge is 0.480 e. The van der Waals surface area contributed by atoms with Gasteiger partial charge in [0.05, 0.1) is 19.8 Å². The van der Waals surface area contributed by atoms with Gasteiger partial charge in [0.2, 0.25) is 5.91 Å². The van der Waals surface area contributed by atoms with Gasteiger partial charge in [-0.2, -0.15) is 4.31 Å². The first-order valence-electron chi connectivity index (χ1n) is 11.8. The molecule has 0 bridgehead atoms. The summed E-state index contributed by atoms with van der Waals surface area (Å²) < 4.78 is 34.3. The molecule has 1 aromatic heterocycles. The molecule has 2 atom stereocenters. The Hall–Kier alpha value is -2.76. The SMILES string of the molecule is O=C(CN([C@]1(C(=O)O)C[C@@H]1c1ccccc1)S(=O)(=O)c1ccc(-c2ccc(Cl)cc2)s1)N1CCOCC1. The Balaban J connectivity index is 1.54. The Kier molecular flexibility index (Phi) is 7.12. The summed E-state index contributed by atoms with van der Waals surface area (Å²) in [7, 11) is -4.35. The van der Waals surface area contributed by atoms with E-state index in [1.807, 2.05) is 6.07 Å². The van der Waals surface area contributed by atoms with E-state index in [0.717, 1.165) is 26.8 Å². The smallest absolute Gasteiger partial charge is 0.325 e. The number of sulfonamides is 1. The Morgan fingerprint density at radius 2 is 1.73 bits per heavy atom. The molecule has 0 radical (unpaired) electrons. The number of thiophene rings is 1. The Bertz CT molecular complexity index is 1400. The van der Waals surface area contributed by atoms with Gasteiger partial charge >= 0.3 is 5.97 Å². The van der Waals surface area contributed by atoms with Crippen molar-refractivity contribution in [1.29, 1.82) is 0 Å². The predicted molar refractivity (Wildman–Crippen MR) is 140 cm³/mol. The quantitative estimate of drug-likeness (QED) is 0.448. The van der Waals surface area contributed by atoms with Crippen LogP contribution in [0.1, 0.15) is 17.9 Å². The lowest BCUT2D eigenvalue weighted by molar-refractivity contribution is -0.144. The lowest BCUT2D eigenvalue weighted by atomic mass is 10.1. The molecule has 2 heterocycles. The number of carboxylic acid groups (broad SMARTS) is 1. The van der Waals surface area contributed by atoms with E-state index in [-0.39, 0.29) is 10.6 Å². The second-order valence-corrected chi connectivity index (χ2v) is 12.6. The highest BCUT2D eigenvalue weighted by Crippen LogP contribution is 2.57. The standard InChI is InChI=1S/C26H25ClN2O6S2/c27-20-8-6-19(7-9-20)22-10-11-24(36-22)37(33,34)29(17-23(30)28-12-14-35-15-13-28)26(25(31)32)16-21(26)18-4-2-1-3-5-18/h1-11,21H,12-17H2,(H,31,32)/t21-,26-/m1/s1. The van der Waals surface area contributed by atoms with Crippen LogP contribution in [-0.4, -0.2) is 73.0 Å². The zero-order valence-electron chi connectivity index (χ0n) is 19.7. The summed E-state index contributed by atoms with van der Waals surface area (Å²) in [5.74, 6) is -2.29. The summed E-state index contributed by atoms with van der Waals surface area (Å²) in [5.41, 5.74) is -0.252.